The summed E-state index contributed by atoms with van der Waals surface area (Å²) in [6.07, 6.45) is 6.20. The van der Waals surface area contributed by atoms with Crippen molar-refractivity contribution in [1.29, 1.82) is 0 Å². The first-order chi connectivity index (χ1) is 12.2. The SMILES string of the molecule is COc1cc2cc(NC(=O)[C@H](CO)n3ccnc3)cnc2cc1OC. The molecule has 25 heavy (non-hydrogen) atoms. The Morgan fingerprint density at radius 2 is 2.04 bits per heavy atom. The van der Waals surface area contributed by atoms with Crippen LogP contribution in [-0.4, -0.2) is 46.4 Å². The van der Waals surface area contributed by atoms with E-state index >= 15 is 0 Å². The molecule has 0 aliphatic rings. The van der Waals surface area contributed by atoms with Gasteiger partial charge >= 0.3 is 0 Å². The molecule has 0 unspecified atom stereocenters. The largest absolute Gasteiger partial charge is 0.493 e. The van der Waals surface area contributed by atoms with Crippen molar-refractivity contribution in [2.24, 2.45) is 0 Å². The predicted octanol–water partition coefficient (Wildman–Crippen LogP) is 1.62. The highest BCUT2D eigenvalue weighted by molar-refractivity contribution is 5.96. The number of hydrogen-bond acceptors (Lipinski definition) is 6. The van der Waals surface area contributed by atoms with Gasteiger partial charge in [0.15, 0.2) is 11.5 Å². The number of anilines is 1. The monoisotopic (exact) mass is 342 g/mol. The van der Waals surface area contributed by atoms with Crippen LogP contribution >= 0.6 is 0 Å². The summed E-state index contributed by atoms with van der Waals surface area (Å²) in [5, 5.41) is 13.0. The summed E-state index contributed by atoms with van der Waals surface area (Å²) in [6, 6.07) is 4.58. The first-order valence-electron chi connectivity index (χ1n) is 7.57. The van der Waals surface area contributed by atoms with Gasteiger partial charge < -0.3 is 24.5 Å². The molecule has 1 atom stereocenters. The molecule has 2 aromatic heterocycles. The molecule has 1 amide bonds. The zero-order valence-corrected chi connectivity index (χ0v) is 13.8. The third kappa shape index (κ3) is 3.38. The molecule has 3 aromatic rings. The molecule has 2 N–H and O–H groups in total. The summed E-state index contributed by atoms with van der Waals surface area (Å²) in [5.74, 6) is 0.800. The molecular formula is C17H18N4O4. The lowest BCUT2D eigenvalue weighted by Gasteiger charge is -2.16. The first kappa shape index (κ1) is 16.7. The fraction of sp³-hybridized carbons (Fsp3) is 0.235. The standard InChI is InChI=1S/C17H18N4O4/c1-24-15-6-11-5-12(8-19-13(11)7-16(15)25-2)20-17(23)14(9-22)21-4-3-18-10-21/h3-8,10,14,22H,9H2,1-2H3,(H,20,23)/t14-/m0/s1. The third-order valence-electron chi connectivity index (χ3n) is 3.81. The van der Waals surface area contributed by atoms with E-state index in [0.29, 0.717) is 22.7 Å². The lowest BCUT2D eigenvalue weighted by molar-refractivity contribution is -0.120. The van der Waals surface area contributed by atoms with Gasteiger partial charge in [0, 0.05) is 23.8 Å². The average molecular weight is 342 g/mol. The minimum absolute atomic E-state index is 0.339. The van der Waals surface area contributed by atoms with Crippen LogP contribution in [0, 0.1) is 0 Å². The Kier molecular flexibility index (Phi) is 4.80. The predicted molar refractivity (Wildman–Crippen MR) is 91.8 cm³/mol. The number of ether oxygens (including phenoxy) is 2. The highest BCUT2D eigenvalue weighted by Crippen LogP contribution is 2.32. The van der Waals surface area contributed by atoms with E-state index in [1.807, 2.05) is 0 Å². The number of carbonyl (C=O) groups excluding carboxylic acids is 1. The summed E-state index contributed by atoms with van der Waals surface area (Å²) in [7, 11) is 3.11. The second-order valence-electron chi connectivity index (χ2n) is 5.32. The Balaban J connectivity index is 1.87. The highest BCUT2D eigenvalue weighted by Gasteiger charge is 2.19. The van der Waals surface area contributed by atoms with Crippen molar-refractivity contribution >= 4 is 22.5 Å². The molecule has 0 aliphatic carbocycles. The molecule has 8 heteroatoms. The number of carbonyl (C=O) groups is 1. The molecule has 0 radical (unpaired) electrons. The fourth-order valence-corrected chi connectivity index (χ4v) is 2.52. The number of nitrogens with zero attached hydrogens (tertiary/aromatic N) is 3. The minimum Gasteiger partial charge on any atom is -0.493 e. The summed E-state index contributed by atoms with van der Waals surface area (Å²) in [5.41, 5.74) is 1.23. The van der Waals surface area contributed by atoms with Crippen molar-refractivity contribution in [3.8, 4) is 11.5 Å². The van der Waals surface area contributed by atoms with Crippen LogP contribution < -0.4 is 14.8 Å². The van der Waals surface area contributed by atoms with E-state index in [-0.39, 0.29) is 12.5 Å². The normalized spacial score (nSPS) is 12.0. The van der Waals surface area contributed by atoms with Crippen LogP contribution in [0.15, 0.2) is 43.1 Å². The lowest BCUT2D eigenvalue weighted by atomic mass is 10.2. The number of aliphatic hydroxyl groups excluding tert-OH is 1. The lowest BCUT2D eigenvalue weighted by Crippen LogP contribution is -2.28. The highest BCUT2D eigenvalue weighted by atomic mass is 16.5. The van der Waals surface area contributed by atoms with Gasteiger partial charge in [0.25, 0.3) is 0 Å². The number of rotatable bonds is 6. The van der Waals surface area contributed by atoms with E-state index < -0.39 is 6.04 Å². The van der Waals surface area contributed by atoms with E-state index in [1.165, 1.54) is 10.9 Å². The summed E-state index contributed by atoms with van der Waals surface area (Å²) >= 11 is 0. The Bertz CT molecular complexity index is 880. The maximum atomic E-state index is 12.4. The Morgan fingerprint density at radius 1 is 1.28 bits per heavy atom. The van der Waals surface area contributed by atoms with E-state index in [4.69, 9.17) is 9.47 Å². The Morgan fingerprint density at radius 3 is 2.68 bits per heavy atom. The summed E-state index contributed by atoms with van der Waals surface area (Å²) < 4.78 is 12.1. The van der Waals surface area contributed by atoms with Gasteiger partial charge in [-0.1, -0.05) is 0 Å². The smallest absolute Gasteiger partial charge is 0.249 e. The molecule has 2 heterocycles. The second kappa shape index (κ2) is 7.18. The zero-order valence-electron chi connectivity index (χ0n) is 13.8. The molecule has 0 bridgehead atoms. The maximum absolute atomic E-state index is 12.4. The van der Waals surface area contributed by atoms with Crippen molar-refractivity contribution < 1.29 is 19.4 Å². The zero-order chi connectivity index (χ0) is 17.8. The number of fused-ring (bicyclic) bond motifs is 1. The third-order valence-corrected chi connectivity index (χ3v) is 3.81. The van der Waals surface area contributed by atoms with Gasteiger partial charge in [0.2, 0.25) is 5.91 Å². The average Bonchev–Trinajstić information content (AvgIpc) is 3.15. The van der Waals surface area contributed by atoms with Crippen LogP contribution in [0.2, 0.25) is 0 Å². The number of amides is 1. The van der Waals surface area contributed by atoms with Gasteiger partial charge in [0.05, 0.1) is 44.6 Å². The quantitative estimate of drug-likeness (QED) is 0.706. The van der Waals surface area contributed by atoms with Crippen LogP contribution in [0.25, 0.3) is 10.9 Å². The minimum atomic E-state index is -0.761. The van der Waals surface area contributed by atoms with Crippen molar-refractivity contribution in [3.05, 3.63) is 43.1 Å². The van der Waals surface area contributed by atoms with Crippen molar-refractivity contribution in [2.45, 2.75) is 6.04 Å². The molecule has 0 aliphatic heterocycles. The first-order valence-corrected chi connectivity index (χ1v) is 7.57. The summed E-state index contributed by atoms with van der Waals surface area (Å²) in [4.78, 5) is 20.6. The van der Waals surface area contributed by atoms with E-state index in [1.54, 1.807) is 51.0 Å². The molecule has 0 saturated heterocycles. The maximum Gasteiger partial charge on any atom is 0.249 e. The number of pyridine rings is 1. The van der Waals surface area contributed by atoms with E-state index in [9.17, 15) is 9.90 Å². The molecule has 8 nitrogen and oxygen atoms in total. The van der Waals surface area contributed by atoms with Crippen molar-refractivity contribution in [2.75, 3.05) is 26.1 Å². The molecular weight excluding hydrogens is 324 g/mol. The van der Waals surface area contributed by atoms with Crippen molar-refractivity contribution in [1.82, 2.24) is 14.5 Å². The van der Waals surface area contributed by atoms with Gasteiger partial charge in [-0.15, -0.1) is 0 Å². The van der Waals surface area contributed by atoms with E-state index in [2.05, 4.69) is 15.3 Å². The number of aromatic nitrogens is 3. The van der Waals surface area contributed by atoms with Gasteiger partial charge in [-0.25, -0.2) is 4.98 Å². The van der Waals surface area contributed by atoms with Gasteiger partial charge in [-0.2, -0.15) is 0 Å². The van der Waals surface area contributed by atoms with Crippen LogP contribution in [0.1, 0.15) is 6.04 Å². The Hall–Kier alpha value is -3.13. The molecule has 1 aromatic carbocycles. The van der Waals surface area contributed by atoms with Gasteiger partial charge in [0.1, 0.15) is 6.04 Å². The molecule has 0 spiro atoms. The van der Waals surface area contributed by atoms with Crippen LogP contribution in [0.4, 0.5) is 5.69 Å². The summed E-state index contributed by atoms with van der Waals surface area (Å²) in [6.45, 7) is -0.339. The van der Waals surface area contributed by atoms with Gasteiger partial charge in [-0.05, 0) is 12.1 Å². The Labute approximate surface area is 144 Å². The van der Waals surface area contributed by atoms with Crippen LogP contribution in [0.3, 0.4) is 0 Å². The van der Waals surface area contributed by atoms with Gasteiger partial charge in [-0.3, -0.25) is 9.78 Å². The number of aliphatic hydroxyl groups is 1. The number of imidazole rings is 1. The van der Waals surface area contributed by atoms with Crippen LogP contribution in [-0.2, 0) is 4.79 Å². The second-order valence-corrected chi connectivity index (χ2v) is 5.32. The number of hydrogen-bond donors (Lipinski definition) is 2. The fourth-order valence-electron chi connectivity index (χ4n) is 2.52. The topological polar surface area (TPSA) is 98.5 Å². The number of nitrogens with one attached hydrogen (secondary N) is 1. The van der Waals surface area contributed by atoms with Crippen LogP contribution in [0.5, 0.6) is 11.5 Å². The van der Waals surface area contributed by atoms with Crippen molar-refractivity contribution in [3.63, 3.8) is 0 Å². The van der Waals surface area contributed by atoms with E-state index in [0.717, 1.165) is 5.39 Å². The molecule has 0 saturated carbocycles. The molecule has 0 fully saturated rings. The molecule has 130 valence electrons. The number of benzene rings is 1. The molecule has 3 rings (SSSR count). The number of methoxy groups -OCH3 is 2.